The Labute approximate surface area is 105 Å². The number of hydrogen-bond acceptors (Lipinski definition) is 2. The second kappa shape index (κ2) is 6.46. The van der Waals surface area contributed by atoms with Gasteiger partial charge in [-0.25, -0.2) is 0 Å². The van der Waals surface area contributed by atoms with Gasteiger partial charge in [-0.15, -0.1) is 12.3 Å². The fourth-order valence-corrected chi connectivity index (χ4v) is 1.93. The third-order valence-electron chi connectivity index (χ3n) is 2.92. The van der Waals surface area contributed by atoms with E-state index < -0.39 is 0 Å². The van der Waals surface area contributed by atoms with Crippen LogP contribution in [0.3, 0.4) is 0 Å². The van der Waals surface area contributed by atoms with Crippen LogP contribution in [0.2, 0.25) is 0 Å². The van der Waals surface area contributed by atoms with Gasteiger partial charge in [-0.05, 0) is 12.3 Å². The van der Waals surface area contributed by atoms with E-state index in [9.17, 15) is 0 Å². The van der Waals surface area contributed by atoms with E-state index in [1.54, 1.807) is 0 Å². The Hall–Kier alpha value is -1.27. The zero-order valence-electron chi connectivity index (χ0n) is 11.3. The molecule has 0 bridgehead atoms. The molecule has 0 aromatic carbocycles. The number of aromatic nitrogens is 2. The summed E-state index contributed by atoms with van der Waals surface area (Å²) in [6.45, 7) is 7.35. The molecule has 3 nitrogen and oxygen atoms in total. The van der Waals surface area contributed by atoms with E-state index in [-0.39, 0.29) is 0 Å². The van der Waals surface area contributed by atoms with Crippen molar-refractivity contribution in [2.75, 3.05) is 0 Å². The second-order valence-corrected chi connectivity index (χ2v) is 4.76. The lowest BCUT2D eigenvalue weighted by atomic mass is 10.1. The molecular weight excluding hydrogens is 210 g/mol. The maximum Gasteiger partial charge on any atom is 0.0694 e. The van der Waals surface area contributed by atoms with Crippen molar-refractivity contribution < 1.29 is 0 Å². The van der Waals surface area contributed by atoms with Crippen molar-refractivity contribution in [3.63, 3.8) is 0 Å². The van der Waals surface area contributed by atoms with Gasteiger partial charge in [0.1, 0.15) is 0 Å². The van der Waals surface area contributed by atoms with Gasteiger partial charge in [-0.3, -0.25) is 4.68 Å². The second-order valence-electron chi connectivity index (χ2n) is 4.76. The molecule has 0 aliphatic carbocycles. The van der Waals surface area contributed by atoms with Crippen LogP contribution in [0.15, 0.2) is 6.20 Å². The highest BCUT2D eigenvalue weighted by Crippen LogP contribution is 2.17. The fraction of sp³-hybridized carbons (Fsp3) is 0.643. The fourth-order valence-electron chi connectivity index (χ4n) is 1.93. The number of nitrogens with one attached hydrogen (secondary N) is 1. The van der Waals surface area contributed by atoms with Gasteiger partial charge in [0.05, 0.1) is 5.69 Å². The van der Waals surface area contributed by atoms with E-state index in [4.69, 9.17) is 6.42 Å². The summed E-state index contributed by atoms with van der Waals surface area (Å²) >= 11 is 0. The Balaban J connectivity index is 2.65. The van der Waals surface area contributed by atoms with Crippen molar-refractivity contribution in [2.45, 2.75) is 52.1 Å². The molecule has 17 heavy (non-hydrogen) atoms. The van der Waals surface area contributed by atoms with Gasteiger partial charge in [-0.1, -0.05) is 20.8 Å². The molecule has 1 aromatic rings. The summed E-state index contributed by atoms with van der Waals surface area (Å²) in [5, 5.41) is 8.00. The first-order valence-electron chi connectivity index (χ1n) is 6.27. The molecule has 1 rings (SSSR count). The number of aryl methyl sites for hydroxylation is 1. The molecule has 0 spiro atoms. The molecule has 1 atom stereocenters. The van der Waals surface area contributed by atoms with E-state index in [0.717, 1.165) is 19.4 Å². The summed E-state index contributed by atoms with van der Waals surface area (Å²) in [5.74, 6) is 3.17. The maximum absolute atomic E-state index is 5.35. The Morgan fingerprint density at radius 2 is 2.24 bits per heavy atom. The zero-order valence-corrected chi connectivity index (χ0v) is 11.3. The van der Waals surface area contributed by atoms with Crippen LogP contribution in [0.4, 0.5) is 0 Å². The molecule has 0 aliphatic heterocycles. The highest BCUT2D eigenvalue weighted by Gasteiger charge is 2.12. The number of terminal acetylenes is 1. The summed E-state index contributed by atoms with van der Waals surface area (Å²) in [6.07, 6.45) is 9.28. The van der Waals surface area contributed by atoms with Gasteiger partial charge in [-0.2, -0.15) is 5.10 Å². The first-order valence-corrected chi connectivity index (χ1v) is 6.27. The number of rotatable bonds is 6. The van der Waals surface area contributed by atoms with Crippen LogP contribution in [0, 0.1) is 12.3 Å². The predicted molar refractivity (Wildman–Crippen MR) is 71.7 cm³/mol. The Morgan fingerprint density at radius 3 is 2.76 bits per heavy atom. The van der Waals surface area contributed by atoms with Gasteiger partial charge in [0.25, 0.3) is 0 Å². The molecule has 0 fully saturated rings. The molecule has 0 amide bonds. The minimum atomic E-state index is 0.403. The summed E-state index contributed by atoms with van der Waals surface area (Å²) < 4.78 is 1.88. The Bertz CT molecular complexity index is 385. The van der Waals surface area contributed by atoms with Crippen LogP contribution >= 0.6 is 0 Å². The van der Waals surface area contributed by atoms with Crippen molar-refractivity contribution in [1.82, 2.24) is 15.1 Å². The Morgan fingerprint density at radius 1 is 1.53 bits per heavy atom. The van der Waals surface area contributed by atoms with Gasteiger partial charge < -0.3 is 5.32 Å². The van der Waals surface area contributed by atoms with E-state index in [0.29, 0.717) is 12.0 Å². The predicted octanol–water partition coefficient (Wildman–Crippen LogP) is 2.44. The molecule has 0 aliphatic rings. The highest BCUT2D eigenvalue weighted by molar-refractivity contribution is 5.20. The summed E-state index contributed by atoms with van der Waals surface area (Å²) in [4.78, 5) is 0. The molecule has 0 saturated carbocycles. The summed E-state index contributed by atoms with van der Waals surface area (Å²) in [5.41, 5.74) is 2.45. The SMILES string of the molecule is C#CCC(CC)NCc1cn(C)nc1C(C)C. The van der Waals surface area contributed by atoms with Crippen molar-refractivity contribution in [3.05, 3.63) is 17.5 Å². The zero-order chi connectivity index (χ0) is 12.8. The first-order chi connectivity index (χ1) is 8.08. The molecule has 1 unspecified atom stereocenters. The summed E-state index contributed by atoms with van der Waals surface area (Å²) in [7, 11) is 1.97. The first kappa shape index (κ1) is 13.8. The lowest BCUT2D eigenvalue weighted by Gasteiger charge is -2.14. The smallest absolute Gasteiger partial charge is 0.0694 e. The van der Waals surface area contributed by atoms with Gasteiger partial charge in [0.2, 0.25) is 0 Å². The molecule has 0 radical (unpaired) electrons. The standard InChI is InChI=1S/C14H23N3/c1-6-8-13(7-2)15-9-12-10-17(5)16-14(12)11(3)4/h1,10-11,13,15H,7-9H2,2-5H3. The van der Waals surface area contributed by atoms with Crippen LogP contribution in [0.5, 0.6) is 0 Å². The van der Waals surface area contributed by atoms with Gasteiger partial charge in [0, 0.05) is 37.8 Å². The summed E-state index contributed by atoms with van der Waals surface area (Å²) in [6, 6.07) is 0.403. The van der Waals surface area contributed by atoms with Crippen LogP contribution in [-0.2, 0) is 13.6 Å². The van der Waals surface area contributed by atoms with Crippen LogP contribution in [0.25, 0.3) is 0 Å². The number of nitrogens with zero attached hydrogens (tertiary/aromatic N) is 2. The molecular formula is C14H23N3. The lowest BCUT2D eigenvalue weighted by molar-refractivity contribution is 0.504. The molecule has 1 aromatic heterocycles. The lowest BCUT2D eigenvalue weighted by Crippen LogP contribution is -2.27. The Kier molecular flexibility index (Phi) is 5.24. The van der Waals surface area contributed by atoms with Gasteiger partial charge in [0.15, 0.2) is 0 Å². The number of hydrogen-bond donors (Lipinski definition) is 1. The quantitative estimate of drug-likeness (QED) is 0.765. The monoisotopic (exact) mass is 233 g/mol. The molecule has 3 heteroatoms. The normalized spacial score (nSPS) is 12.7. The minimum absolute atomic E-state index is 0.403. The maximum atomic E-state index is 5.35. The van der Waals surface area contributed by atoms with E-state index >= 15 is 0 Å². The van der Waals surface area contributed by atoms with Crippen molar-refractivity contribution in [2.24, 2.45) is 7.05 Å². The molecule has 1 N–H and O–H groups in total. The third-order valence-corrected chi connectivity index (χ3v) is 2.92. The van der Waals surface area contributed by atoms with Crippen LogP contribution < -0.4 is 5.32 Å². The van der Waals surface area contributed by atoms with E-state index in [2.05, 4.69) is 43.3 Å². The minimum Gasteiger partial charge on any atom is -0.309 e. The third kappa shape index (κ3) is 3.90. The van der Waals surface area contributed by atoms with Crippen molar-refractivity contribution in [1.29, 1.82) is 0 Å². The van der Waals surface area contributed by atoms with E-state index in [1.165, 1.54) is 11.3 Å². The topological polar surface area (TPSA) is 29.9 Å². The molecule has 94 valence electrons. The highest BCUT2D eigenvalue weighted by atomic mass is 15.3. The average Bonchev–Trinajstić information content (AvgIpc) is 2.66. The van der Waals surface area contributed by atoms with Crippen LogP contribution in [0.1, 0.15) is 50.8 Å². The van der Waals surface area contributed by atoms with Crippen LogP contribution in [-0.4, -0.2) is 15.8 Å². The van der Waals surface area contributed by atoms with Crippen molar-refractivity contribution >= 4 is 0 Å². The molecule has 1 heterocycles. The van der Waals surface area contributed by atoms with E-state index in [1.807, 2.05) is 11.7 Å². The largest absolute Gasteiger partial charge is 0.309 e. The van der Waals surface area contributed by atoms with Crippen molar-refractivity contribution in [3.8, 4) is 12.3 Å². The van der Waals surface area contributed by atoms with Gasteiger partial charge >= 0.3 is 0 Å². The molecule has 0 saturated heterocycles. The average molecular weight is 233 g/mol.